The first-order valence-electron chi connectivity index (χ1n) is 4.18. The summed E-state index contributed by atoms with van der Waals surface area (Å²) in [5.74, 6) is 0.447. The van der Waals surface area contributed by atoms with Gasteiger partial charge in [-0.3, -0.25) is 4.21 Å². The van der Waals surface area contributed by atoms with Gasteiger partial charge in [-0.25, -0.2) is 0 Å². The molecule has 0 rings (SSSR count). The molecule has 0 saturated heterocycles. The molecule has 0 aromatic carbocycles. The molecule has 0 aromatic heterocycles. The molecule has 12 heavy (non-hydrogen) atoms. The molecule has 4 heteroatoms. The van der Waals surface area contributed by atoms with Gasteiger partial charge in [0.2, 0.25) is 0 Å². The predicted octanol–water partition coefficient (Wildman–Crippen LogP) is 0.775. The summed E-state index contributed by atoms with van der Waals surface area (Å²) in [7, 11) is -1.07. The third kappa shape index (κ3) is 3.84. The lowest BCUT2D eigenvalue weighted by molar-refractivity contribution is 0.657. The van der Waals surface area contributed by atoms with Crippen LogP contribution < -0.4 is 5.73 Å². The van der Waals surface area contributed by atoms with Gasteiger partial charge >= 0.3 is 0 Å². The van der Waals surface area contributed by atoms with Crippen LogP contribution in [0.4, 0.5) is 0 Å². The van der Waals surface area contributed by atoms with Crippen molar-refractivity contribution in [1.82, 2.24) is 0 Å². The summed E-state index contributed by atoms with van der Waals surface area (Å²) in [6, 6.07) is 1.99. The van der Waals surface area contributed by atoms with Gasteiger partial charge in [0.1, 0.15) is 5.25 Å². The molecule has 0 aliphatic rings. The molecule has 0 aliphatic carbocycles. The Hall–Kier alpha value is -0.400. The second kappa shape index (κ2) is 6.15. The molecule has 0 radical (unpaired) electrons. The molecule has 3 nitrogen and oxygen atoms in total. The lowest BCUT2D eigenvalue weighted by Crippen LogP contribution is -2.29. The van der Waals surface area contributed by atoms with E-state index in [0.717, 1.165) is 6.42 Å². The van der Waals surface area contributed by atoms with Gasteiger partial charge in [-0.2, -0.15) is 5.26 Å². The molecular weight excluding hydrogens is 172 g/mol. The SMILES string of the molecule is CCC(N)CS(=O)C(C#N)CC. The Kier molecular flexibility index (Phi) is 5.95. The number of nitrogens with two attached hydrogens (primary N) is 1. The highest BCUT2D eigenvalue weighted by Gasteiger charge is 2.15. The van der Waals surface area contributed by atoms with E-state index in [1.54, 1.807) is 0 Å². The van der Waals surface area contributed by atoms with Crippen LogP contribution in [0, 0.1) is 11.3 Å². The summed E-state index contributed by atoms with van der Waals surface area (Å²) in [4.78, 5) is 0. The van der Waals surface area contributed by atoms with Crippen LogP contribution in [0.5, 0.6) is 0 Å². The van der Waals surface area contributed by atoms with Crippen molar-refractivity contribution in [2.45, 2.75) is 38.0 Å². The maximum Gasteiger partial charge on any atom is 0.121 e. The van der Waals surface area contributed by atoms with Gasteiger partial charge in [0.05, 0.1) is 6.07 Å². The summed E-state index contributed by atoms with van der Waals surface area (Å²) in [6.45, 7) is 3.82. The highest BCUT2D eigenvalue weighted by atomic mass is 32.2. The number of nitriles is 1. The Morgan fingerprint density at radius 1 is 1.50 bits per heavy atom. The minimum atomic E-state index is -1.07. The molecule has 0 fully saturated rings. The number of hydrogen-bond acceptors (Lipinski definition) is 3. The second-order valence-electron chi connectivity index (χ2n) is 2.74. The van der Waals surface area contributed by atoms with Crippen LogP contribution in [0.2, 0.25) is 0 Å². The van der Waals surface area contributed by atoms with Gasteiger partial charge in [-0.05, 0) is 12.8 Å². The van der Waals surface area contributed by atoms with E-state index >= 15 is 0 Å². The van der Waals surface area contributed by atoms with Crippen LogP contribution in [0.25, 0.3) is 0 Å². The zero-order chi connectivity index (χ0) is 9.56. The van der Waals surface area contributed by atoms with Crippen LogP contribution in [0.15, 0.2) is 0 Å². The molecular formula is C8H16N2OS. The van der Waals surface area contributed by atoms with Gasteiger partial charge in [0.25, 0.3) is 0 Å². The largest absolute Gasteiger partial charge is 0.327 e. The van der Waals surface area contributed by atoms with Crippen molar-refractivity contribution in [2.75, 3.05) is 5.75 Å². The van der Waals surface area contributed by atoms with Crippen molar-refractivity contribution in [1.29, 1.82) is 5.26 Å². The predicted molar refractivity (Wildman–Crippen MR) is 51.0 cm³/mol. The summed E-state index contributed by atoms with van der Waals surface area (Å²) < 4.78 is 11.4. The molecule has 2 N–H and O–H groups in total. The molecule has 70 valence electrons. The first-order valence-corrected chi connectivity index (χ1v) is 5.56. The summed E-state index contributed by atoms with van der Waals surface area (Å²) in [5, 5.41) is 8.25. The standard InChI is InChI=1S/C8H16N2OS/c1-3-7(10)6-12(11)8(4-2)5-9/h7-8H,3-4,6,10H2,1-2H3. The van der Waals surface area contributed by atoms with E-state index in [0.29, 0.717) is 12.2 Å². The van der Waals surface area contributed by atoms with E-state index in [4.69, 9.17) is 11.0 Å². The number of rotatable bonds is 5. The molecule has 0 amide bonds. The molecule has 0 aliphatic heterocycles. The van der Waals surface area contributed by atoms with Gasteiger partial charge < -0.3 is 5.73 Å². The fourth-order valence-corrected chi connectivity index (χ4v) is 2.16. The van der Waals surface area contributed by atoms with E-state index in [2.05, 4.69) is 0 Å². The summed E-state index contributed by atoms with van der Waals surface area (Å²) in [6.07, 6.45) is 1.45. The summed E-state index contributed by atoms with van der Waals surface area (Å²) >= 11 is 0. The van der Waals surface area contributed by atoms with Crippen molar-refractivity contribution >= 4 is 10.8 Å². The maximum atomic E-state index is 11.4. The molecule has 0 saturated carbocycles. The fraction of sp³-hybridized carbons (Fsp3) is 0.875. The third-order valence-corrected chi connectivity index (χ3v) is 3.56. The first-order chi connectivity index (χ1) is 5.65. The molecule has 0 heterocycles. The smallest absolute Gasteiger partial charge is 0.121 e. The lowest BCUT2D eigenvalue weighted by Gasteiger charge is -2.10. The van der Waals surface area contributed by atoms with E-state index in [1.807, 2.05) is 19.9 Å². The van der Waals surface area contributed by atoms with Crippen molar-refractivity contribution < 1.29 is 4.21 Å². The van der Waals surface area contributed by atoms with Crippen LogP contribution in [0.1, 0.15) is 26.7 Å². The van der Waals surface area contributed by atoms with Crippen LogP contribution in [-0.2, 0) is 10.8 Å². The van der Waals surface area contributed by atoms with Crippen molar-refractivity contribution in [2.24, 2.45) is 5.73 Å². The minimum absolute atomic E-state index is 0.0340. The topological polar surface area (TPSA) is 66.9 Å². The van der Waals surface area contributed by atoms with E-state index in [-0.39, 0.29) is 11.3 Å². The fourth-order valence-electron chi connectivity index (χ4n) is 0.781. The van der Waals surface area contributed by atoms with Crippen molar-refractivity contribution in [3.8, 4) is 6.07 Å². The zero-order valence-corrected chi connectivity index (χ0v) is 8.43. The molecule has 0 bridgehead atoms. The Bertz CT molecular complexity index is 188. The van der Waals surface area contributed by atoms with Crippen LogP contribution >= 0.6 is 0 Å². The Balaban J connectivity index is 3.95. The van der Waals surface area contributed by atoms with Crippen LogP contribution in [-0.4, -0.2) is 21.3 Å². The van der Waals surface area contributed by atoms with Gasteiger partial charge in [0.15, 0.2) is 0 Å². The summed E-state index contributed by atoms with van der Waals surface area (Å²) in [5.41, 5.74) is 5.62. The Morgan fingerprint density at radius 3 is 2.42 bits per heavy atom. The minimum Gasteiger partial charge on any atom is -0.327 e. The Labute approximate surface area is 76.4 Å². The maximum absolute atomic E-state index is 11.4. The average Bonchev–Trinajstić information content (AvgIpc) is 2.06. The Morgan fingerprint density at radius 2 is 2.08 bits per heavy atom. The van der Waals surface area contributed by atoms with Gasteiger partial charge in [0, 0.05) is 22.6 Å². The van der Waals surface area contributed by atoms with E-state index < -0.39 is 10.8 Å². The van der Waals surface area contributed by atoms with Gasteiger partial charge in [-0.1, -0.05) is 13.8 Å². The second-order valence-corrected chi connectivity index (χ2v) is 4.41. The highest BCUT2D eigenvalue weighted by molar-refractivity contribution is 7.85. The van der Waals surface area contributed by atoms with Crippen molar-refractivity contribution in [3.63, 3.8) is 0 Å². The van der Waals surface area contributed by atoms with E-state index in [1.165, 1.54) is 0 Å². The average molecular weight is 188 g/mol. The first kappa shape index (κ1) is 11.6. The van der Waals surface area contributed by atoms with Crippen molar-refractivity contribution in [3.05, 3.63) is 0 Å². The molecule has 0 spiro atoms. The highest BCUT2D eigenvalue weighted by Crippen LogP contribution is 2.02. The zero-order valence-electron chi connectivity index (χ0n) is 7.62. The quantitative estimate of drug-likeness (QED) is 0.693. The third-order valence-electron chi connectivity index (χ3n) is 1.73. The van der Waals surface area contributed by atoms with E-state index in [9.17, 15) is 4.21 Å². The van der Waals surface area contributed by atoms with Gasteiger partial charge in [-0.15, -0.1) is 0 Å². The lowest BCUT2D eigenvalue weighted by atomic mass is 10.3. The number of nitrogens with zero attached hydrogens (tertiary/aromatic N) is 1. The monoisotopic (exact) mass is 188 g/mol. The number of hydrogen-bond donors (Lipinski definition) is 1. The molecule has 3 atom stereocenters. The normalized spacial score (nSPS) is 17.8. The van der Waals surface area contributed by atoms with Crippen LogP contribution in [0.3, 0.4) is 0 Å². The molecule has 3 unspecified atom stereocenters. The molecule has 0 aromatic rings.